The van der Waals surface area contributed by atoms with Gasteiger partial charge in [-0.05, 0) is 36.8 Å². The maximum atomic E-state index is 12.2. The van der Waals surface area contributed by atoms with Crippen LogP contribution in [0.25, 0.3) is 0 Å². The van der Waals surface area contributed by atoms with E-state index in [0.29, 0.717) is 9.75 Å². The normalized spacial score (nSPS) is 11.8. The summed E-state index contributed by atoms with van der Waals surface area (Å²) in [6, 6.07) is 10.9. The second-order valence-electron chi connectivity index (χ2n) is 4.40. The van der Waals surface area contributed by atoms with Crippen molar-refractivity contribution in [1.29, 1.82) is 0 Å². The van der Waals surface area contributed by atoms with Crippen LogP contribution in [0, 0.1) is 0 Å². The Morgan fingerprint density at radius 1 is 1.14 bits per heavy atom. The summed E-state index contributed by atoms with van der Waals surface area (Å²) in [5.41, 5.74) is 1.01. The zero-order valence-electron chi connectivity index (χ0n) is 11.6. The Morgan fingerprint density at radius 3 is 2.38 bits per heavy atom. The van der Waals surface area contributed by atoms with Gasteiger partial charge >= 0.3 is 5.97 Å². The highest BCUT2D eigenvalue weighted by molar-refractivity contribution is 9.10. The molecule has 0 bridgehead atoms. The van der Waals surface area contributed by atoms with Crippen molar-refractivity contribution < 1.29 is 14.3 Å². The number of carbonyl (C=O) groups excluding carboxylic acids is 2. The van der Waals surface area contributed by atoms with Crippen molar-refractivity contribution in [1.82, 2.24) is 5.32 Å². The van der Waals surface area contributed by atoms with Gasteiger partial charge in [-0.1, -0.05) is 28.1 Å². The number of methoxy groups -OCH3 is 1. The number of thiophene rings is 1. The number of esters is 1. The van der Waals surface area contributed by atoms with Crippen LogP contribution in [0.1, 0.15) is 37.9 Å². The van der Waals surface area contributed by atoms with E-state index < -0.39 is 5.97 Å². The first kappa shape index (κ1) is 15.7. The Kier molecular flexibility index (Phi) is 5.14. The van der Waals surface area contributed by atoms with Gasteiger partial charge in [0, 0.05) is 4.47 Å². The van der Waals surface area contributed by atoms with Gasteiger partial charge in [0.05, 0.1) is 18.0 Å². The van der Waals surface area contributed by atoms with E-state index in [2.05, 4.69) is 26.0 Å². The lowest BCUT2D eigenvalue weighted by Crippen LogP contribution is -2.25. The molecule has 1 heterocycles. The van der Waals surface area contributed by atoms with E-state index in [1.807, 2.05) is 31.2 Å². The molecule has 0 fully saturated rings. The predicted octanol–water partition coefficient (Wildman–Crippen LogP) is 3.79. The van der Waals surface area contributed by atoms with Crippen LogP contribution in [-0.2, 0) is 4.74 Å². The number of rotatable bonds is 4. The molecular weight excluding hydrogens is 354 g/mol. The SMILES string of the molecule is COC(=O)c1ccc(C(=O)N[C@H](C)c2ccc(Br)cc2)s1. The number of hydrogen-bond donors (Lipinski definition) is 1. The molecule has 1 N–H and O–H groups in total. The fraction of sp³-hybridized carbons (Fsp3) is 0.200. The van der Waals surface area contributed by atoms with Gasteiger partial charge in [-0.2, -0.15) is 0 Å². The lowest BCUT2D eigenvalue weighted by molar-refractivity contribution is 0.0606. The molecule has 1 amide bonds. The average Bonchev–Trinajstić information content (AvgIpc) is 2.97. The molecule has 0 radical (unpaired) electrons. The third-order valence-corrected chi connectivity index (χ3v) is 4.53. The summed E-state index contributed by atoms with van der Waals surface area (Å²) in [5.74, 6) is -0.634. The van der Waals surface area contributed by atoms with E-state index in [4.69, 9.17) is 0 Å². The maximum Gasteiger partial charge on any atom is 0.348 e. The summed E-state index contributed by atoms with van der Waals surface area (Å²) in [6.07, 6.45) is 0. The van der Waals surface area contributed by atoms with Gasteiger partial charge in [0.1, 0.15) is 4.88 Å². The minimum Gasteiger partial charge on any atom is -0.465 e. The molecule has 2 aromatic rings. The molecule has 1 aromatic heterocycles. The molecule has 1 aromatic carbocycles. The number of benzene rings is 1. The zero-order valence-corrected chi connectivity index (χ0v) is 14.0. The minimum atomic E-state index is -0.431. The van der Waals surface area contributed by atoms with E-state index in [1.54, 1.807) is 12.1 Å². The van der Waals surface area contributed by atoms with Crippen LogP contribution in [0.4, 0.5) is 0 Å². The summed E-state index contributed by atoms with van der Waals surface area (Å²) >= 11 is 4.49. The van der Waals surface area contributed by atoms with Crippen LogP contribution in [0.15, 0.2) is 40.9 Å². The van der Waals surface area contributed by atoms with Crippen molar-refractivity contribution in [3.05, 3.63) is 56.2 Å². The Morgan fingerprint density at radius 2 is 1.76 bits per heavy atom. The highest BCUT2D eigenvalue weighted by Crippen LogP contribution is 2.20. The smallest absolute Gasteiger partial charge is 0.348 e. The number of halogens is 1. The van der Waals surface area contributed by atoms with E-state index in [-0.39, 0.29) is 11.9 Å². The molecule has 110 valence electrons. The number of nitrogens with one attached hydrogen (secondary N) is 1. The Balaban J connectivity index is 2.05. The fourth-order valence-electron chi connectivity index (χ4n) is 1.77. The van der Waals surface area contributed by atoms with E-state index in [1.165, 1.54) is 7.11 Å². The number of ether oxygens (including phenoxy) is 1. The lowest BCUT2D eigenvalue weighted by Gasteiger charge is -2.13. The van der Waals surface area contributed by atoms with Crippen LogP contribution in [0.3, 0.4) is 0 Å². The van der Waals surface area contributed by atoms with E-state index in [9.17, 15) is 9.59 Å². The van der Waals surface area contributed by atoms with Crippen LogP contribution in [-0.4, -0.2) is 19.0 Å². The van der Waals surface area contributed by atoms with Crippen molar-refractivity contribution in [2.75, 3.05) is 7.11 Å². The summed E-state index contributed by atoms with van der Waals surface area (Å²) in [5, 5.41) is 2.91. The number of amides is 1. The first-order valence-electron chi connectivity index (χ1n) is 6.25. The number of hydrogen-bond acceptors (Lipinski definition) is 4. The van der Waals surface area contributed by atoms with Crippen molar-refractivity contribution in [3.63, 3.8) is 0 Å². The van der Waals surface area contributed by atoms with Gasteiger partial charge in [-0.15, -0.1) is 11.3 Å². The molecule has 0 aliphatic carbocycles. The molecule has 0 unspecified atom stereocenters. The molecule has 0 spiro atoms. The van der Waals surface area contributed by atoms with Gasteiger partial charge < -0.3 is 10.1 Å². The standard InChI is InChI=1S/C15H14BrNO3S/c1-9(10-3-5-11(16)6-4-10)17-14(18)12-7-8-13(21-12)15(19)20-2/h3-9H,1-2H3,(H,17,18)/t9-/m1/s1. The Bertz CT molecular complexity index is 651. The third-order valence-electron chi connectivity index (χ3n) is 2.93. The largest absolute Gasteiger partial charge is 0.465 e. The van der Waals surface area contributed by atoms with Crippen LogP contribution in [0.2, 0.25) is 0 Å². The summed E-state index contributed by atoms with van der Waals surface area (Å²) < 4.78 is 5.62. The quantitative estimate of drug-likeness (QED) is 0.836. The summed E-state index contributed by atoms with van der Waals surface area (Å²) in [6.45, 7) is 1.91. The lowest BCUT2D eigenvalue weighted by atomic mass is 10.1. The minimum absolute atomic E-state index is 0.116. The van der Waals surface area contributed by atoms with Crippen LogP contribution < -0.4 is 5.32 Å². The van der Waals surface area contributed by atoms with Gasteiger partial charge in [-0.25, -0.2) is 4.79 Å². The van der Waals surface area contributed by atoms with Crippen LogP contribution in [0.5, 0.6) is 0 Å². The third kappa shape index (κ3) is 3.92. The maximum absolute atomic E-state index is 12.2. The highest BCUT2D eigenvalue weighted by Gasteiger charge is 2.16. The van der Waals surface area contributed by atoms with Crippen LogP contribution >= 0.6 is 27.3 Å². The fourth-order valence-corrected chi connectivity index (χ4v) is 2.86. The summed E-state index contributed by atoms with van der Waals surface area (Å²) in [7, 11) is 1.32. The molecular formula is C15H14BrNO3S. The summed E-state index contributed by atoms with van der Waals surface area (Å²) in [4.78, 5) is 24.4. The van der Waals surface area contributed by atoms with Crippen molar-refractivity contribution in [2.45, 2.75) is 13.0 Å². The van der Waals surface area contributed by atoms with Crippen molar-refractivity contribution >= 4 is 39.1 Å². The molecule has 2 rings (SSSR count). The molecule has 1 atom stereocenters. The Labute approximate surface area is 135 Å². The van der Waals surface area contributed by atoms with Gasteiger partial charge in [-0.3, -0.25) is 4.79 Å². The van der Waals surface area contributed by atoms with Crippen molar-refractivity contribution in [2.24, 2.45) is 0 Å². The Hall–Kier alpha value is -1.66. The van der Waals surface area contributed by atoms with Gasteiger partial charge in [0.2, 0.25) is 0 Å². The van der Waals surface area contributed by atoms with E-state index >= 15 is 0 Å². The predicted molar refractivity (Wildman–Crippen MR) is 85.7 cm³/mol. The monoisotopic (exact) mass is 367 g/mol. The van der Waals surface area contributed by atoms with E-state index in [0.717, 1.165) is 21.4 Å². The highest BCUT2D eigenvalue weighted by atomic mass is 79.9. The van der Waals surface area contributed by atoms with Gasteiger partial charge in [0.15, 0.2) is 0 Å². The second kappa shape index (κ2) is 6.87. The average molecular weight is 368 g/mol. The topological polar surface area (TPSA) is 55.4 Å². The number of carbonyl (C=O) groups is 2. The first-order valence-corrected chi connectivity index (χ1v) is 7.86. The molecule has 0 saturated carbocycles. The molecule has 0 aliphatic rings. The molecule has 4 nitrogen and oxygen atoms in total. The molecule has 0 saturated heterocycles. The first-order chi connectivity index (χ1) is 10.0. The van der Waals surface area contributed by atoms with Crippen molar-refractivity contribution in [3.8, 4) is 0 Å². The molecule has 6 heteroatoms. The zero-order chi connectivity index (χ0) is 15.4. The molecule has 0 aliphatic heterocycles. The second-order valence-corrected chi connectivity index (χ2v) is 6.40. The van der Waals surface area contributed by atoms with Gasteiger partial charge in [0.25, 0.3) is 5.91 Å². The molecule has 21 heavy (non-hydrogen) atoms.